The Morgan fingerprint density at radius 2 is 1.88 bits per heavy atom. The summed E-state index contributed by atoms with van der Waals surface area (Å²) in [5.41, 5.74) is 2.95. The molecule has 8 nitrogen and oxygen atoms in total. The van der Waals surface area contributed by atoms with Crippen LogP contribution in [0.3, 0.4) is 0 Å². The second kappa shape index (κ2) is 7.64. The average Bonchev–Trinajstić information content (AvgIpc) is 3.27. The van der Waals surface area contributed by atoms with Crippen molar-refractivity contribution < 1.29 is 9.59 Å². The number of para-hydroxylation sites is 1. The van der Waals surface area contributed by atoms with E-state index in [4.69, 9.17) is 0 Å². The summed E-state index contributed by atoms with van der Waals surface area (Å²) in [6, 6.07) is 9.10. The minimum atomic E-state index is -0.194. The Balaban J connectivity index is 1.76. The summed E-state index contributed by atoms with van der Waals surface area (Å²) in [5, 5.41) is 14.0. The number of hydrogen-bond acceptors (Lipinski definition) is 4. The van der Waals surface area contributed by atoms with Gasteiger partial charge in [-0.2, -0.15) is 10.2 Å². The van der Waals surface area contributed by atoms with Crippen LogP contribution in [0.2, 0.25) is 0 Å². The number of nitrogens with zero attached hydrogens (tertiary/aromatic N) is 4. The van der Waals surface area contributed by atoms with Gasteiger partial charge in [-0.05, 0) is 18.2 Å². The molecule has 0 saturated heterocycles. The molecule has 0 atom stereocenters. The molecule has 2 N–H and O–H groups in total. The molecule has 134 valence electrons. The molecule has 0 spiro atoms. The SMILES string of the molecule is CC(=O)NCc1cnn(-c2ccccc2C(=O)NCc2ccnn2C)c1. The van der Waals surface area contributed by atoms with Crippen LogP contribution in [0.5, 0.6) is 0 Å². The molecular formula is C18H20N6O2. The van der Waals surface area contributed by atoms with Crippen molar-refractivity contribution in [2.45, 2.75) is 20.0 Å². The van der Waals surface area contributed by atoms with Crippen molar-refractivity contribution in [1.82, 2.24) is 30.2 Å². The van der Waals surface area contributed by atoms with E-state index < -0.39 is 0 Å². The van der Waals surface area contributed by atoms with Gasteiger partial charge in [-0.3, -0.25) is 14.3 Å². The maximum Gasteiger partial charge on any atom is 0.253 e. The number of carbonyl (C=O) groups is 2. The molecule has 0 aliphatic heterocycles. The molecule has 0 fully saturated rings. The lowest BCUT2D eigenvalue weighted by Crippen LogP contribution is -2.25. The van der Waals surface area contributed by atoms with Gasteiger partial charge in [0.25, 0.3) is 5.91 Å². The fourth-order valence-electron chi connectivity index (χ4n) is 2.52. The number of aryl methyl sites for hydroxylation is 1. The molecule has 0 aliphatic carbocycles. The molecule has 3 rings (SSSR count). The first-order chi connectivity index (χ1) is 12.5. The average molecular weight is 352 g/mol. The molecule has 2 amide bonds. The van der Waals surface area contributed by atoms with Crippen molar-refractivity contribution in [2.24, 2.45) is 7.05 Å². The van der Waals surface area contributed by atoms with E-state index >= 15 is 0 Å². The van der Waals surface area contributed by atoms with Crippen molar-refractivity contribution >= 4 is 11.8 Å². The largest absolute Gasteiger partial charge is 0.352 e. The molecule has 8 heteroatoms. The van der Waals surface area contributed by atoms with Gasteiger partial charge in [0.1, 0.15) is 0 Å². The number of nitrogens with one attached hydrogen (secondary N) is 2. The molecule has 2 heterocycles. The summed E-state index contributed by atoms with van der Waals surface area (Å²) >= 11 is 0. The minimum absolute atomic E-state index is 0.104. The minimum Gasteiger partial charge on any atom is -0.352 e. The Kier molecular flexibility index (Phi) is 5.12. The van der Waals surface area contributed by atoms with E-state index in [9.17, 15) is 9.59 Å². The lowest BCUT2D eigenvalue weighted by atomic mass is 10.1. The van der Waals surface area contributed by atoms with Gasteiger partial charge in [0.2, 0.25) is 5.91 Å². The van der Waals surface area contributed by atoms with Crippen molar-refractivity contribution in [3.8, 4) is 5.69 Å². The first-order valence-corrected chi connectivity index (χ1v) is 8.17. The first kappa shape index (κ1) is 17.4. The number of hydrogen-bond donors (Lipinski definition) is 2. The normalized spacial score (nSPS) is 10.5. The lowest BCUT2D eigenvalue weighted by molar-refractivity contribution is -0.119. The van der Waals surface area contributed by atoms with Crippen molar-refractivity contribution in [3.05, 3.63) is 65.7 Å². The molecule has 0 saturated carbocycles. The number of aromatic nitrogens is 4. The van der Waals surface area contributed by atoms with Crippen LogP contribution in [-0.2, 0) is 24.9 Å². The molecule has 0 bridgehead atoms. The van der Waals surface area contributed by atoms with Crippen LogP contribution < -0.4 is 10.6 Å². The quantitative estimate of drug-likeness (QED) is 0.696. The van der Waals surface area contributed by atoms with Crippen LogP contribution >= 0.6 is 0 Å². The summed E-state index contributed by atoms with van der Waals surface area (Å²) < 4.78 is 3.35. The maximum absolute atomic E-state index is 12.6. The number of benzene rings is 1. The van der Waals surface area contributed by atoms with Gasteiger partial charge in [0.05, 0.1) is 29.7 Å². The van der Waals surface area contributed by atoms with E-state index in [-0.39, 0.29) is 11.8 Å². The molecule has 2 aromatic heterocycles. The third kappa shape index (κ3) is 3.97. The van der Waals surface area contributed by atoms with Gasteiger partial charge < -0.3 is 10.6 Å². The van der Waals surface area contributed by atoms with E-state index in [1.54, 1.807) is 34.0 Å². The Bertz CT molecular complexity index is 927. The summed E-state index contributed by atoms with van der Waals surface area (Å²) in [6.45, 7) is 2.24. The van der Waals surface area contributed by atoms with Crippen molar-refractivity contribution in [1.29, 1.82) is 0 Å². The fourth-order valence-corrected chi connectivity index (χ4v) is 2.52. The van der Waals surface area contributed by atoms with Gasteiger partial charge in [-0.1, -0.05) is 12.1 Å². The summed E-state index contributed by atoms with van der Waals surface area (Å²) in [5.74, 6) is -0.298. The Morgan fingerprint density at radius 1 is 1.08 bits per heavy atom. The van der Waals surface area contributed by atoms with E-state index in [1.807, 2.05) is 31.3 Å². The Morgan fingerprint density at radius 3 is 2.62 bits per heavy atom. The fraction of sp³-hybridized carbons (Fsp3) is 0.222. The molecule has 3 aromatic rings. The predicted octanol–water partition coefficient (Wildman–Crippen LogP) is 1.17. The molecule has 26 heavy (non-hydrogen) atoms. The highest BCUT2D eigenvalue weighted by Crippen LogP contribution is 2.15. The van der Waals surface area contributed by atoms with E-state index in [2.05, 4.69) is 20.8 Å². The van der Waals surface area contributed by atoms with Crippen molar-refractivity contribution in [2.75, 3.05) is 0 Å². The lowest BCUT2D eigenvalue weighted by Gasteiger charge is -2.10. The van der Waals surface area contributed by atoms with Gasteiger partial charge in [0, 0.05) is 38.5 Å². The zero-order chi connectivity index (χ0) is 18.5. The van der Waals surface area contributed by atoms with E-state index in [1.165, 1.54) is 6.92 Å². The van der Waals surface area contributed by atoms with Crippen LogP contribution in [0.1, 0.15) is 28.5 Å². The summed E-state index contributed by atoms with van der Waals surface area (Å²) in [6.07, 6.45) is 5.15. The number of carbonyl (C=O) groups excluding carboxylic acids is 2. The topological polar surface area (TPSA) is 93.8 Å². The summed E-state index contributed by atoms with van der Waals surface area (Å²) in [4.78, 5) is 23.7. The highest BCUT2D eigenvalue weighted by Gasteiger charge is 2.13. The van der Waals surface area contributed by atoms with Gasteiger partial charge >= 0.3 is 0 Å². The van der Waals surface area contributed by atoms with E-state index in [0.717, 1.165) is 11.3 Å². The van der Waals surface area contributed by atoms with Crippen LogP contribution in [0.15, 0.2) is 48.9 Å². The van der Waals surface area contributed by atoms with E-state index in [0.29, 0.717) is 24.3 Å². The highest BCUT2D eigenvalue weighted by atomic mass is 16.2. The summed E-state index contributed by atoms with van der Waals surface area (Å²) in [7, 11) is 1.83. The third-order valence-corrected chi connectivity index (χ3v) is 3.93. The van der Waals surface area contributed by atoms with Crippen LogP contribution in [0.4, 0.5) is 0 Å². The number of amides is 2. The molecule has 0 unspecified atom stereocenters. The third-order valence-electron chi connectivity index (χ3n) is 3.93. The molecule has 0 radical (unpaired) electrons. The second-order valence-corrected chi connectivity index (χ2v) is 5.85. The molecule has 0 aliphatic rings. The zero-order valence-electron chi connectivity index (χ0n) is 14.6. The molecule has 1 aromatic carbocycles. The zero-order valence-corrected chi connectivity index (χ0v) is 14.6. The number of rotatable bonds is 6. The predicted molar refractivity (Wildman–Crippen MR) is 95.5 cm³/mol. The second-order valence-electron chi connectivity index (χ2n) is 5.85. The van der Waals surface area contributed by atoms with Crippen molar-refractivity contribution in [3.63, 3.8) is 0 Å². The van der Waals surface area contributed by atoms with Gasteiger partial charge in [0.15, 0.2) is 0 Å². The van der Waals surface area contributed by atoms with Crippen LogP contribution in [-0.4, -0.2) is 31.4 Å². The van der Waals surface area contributed by atoms with Crippen LogP contribution in [0.25, 0.3) is 5.69 Å². The first-order valence-electron chi connectivity index (χ1n) is 8.17. The highest BCUT2D eigenvalue weighted by molar-refractivity contribution is 5.97. The standard InChI is InChI=1S/C18H20N6O2/c1-13(25)19-9-14-10-22-24(12-14)17-6-4-3-5-16(17)18(26)20-11-15-7-8-21-23(15)2/h3-8,10,12H,9,11H2,1-2H3,(H,19,25)(H,20,26). The molecular weight excluding hydrogens is 332 g/mol. The van der Waals surface area contributed by atoms with Gasteiger partial charge in [-0.25, -0.2) is 4.68 Å². The monoisotopic (exact) mass is 352 g/mol. The maximum atomic E-state index is 12.6. The Hall–Kier alpha value is -3.42. The van der Waals surface area contributed by atoms with Gasteiger partial charge in [-0.15, -0.1) is 0 Å². The Labute approximate surface area is 150 Å². The smallest absolute Gasteiger partial charge is 0.253 e. The van der Waals surface area contributed by atoms with Crippen LogP contribution in [0, 0.1) is 0 Å².